The van der Waals surface area contributed by atoms with Gasteiger partial charge in [0.15, 0.2) is 0 Å². The molecule has 1 aliphatic rings. The Labute approximate surface area is 116 Å². The third-order valence-corrected chi connectivity index (χ3v) is 4.42. The quantitative estimate of drug-likeness (QED) is 0.836. The molecular formula is C16H26O3. The minimum absolute atomic E-state index is 0.0249. The zero-order valence-electron chi connectivity index (χ0n) is 12.9. The van der Waals surface area contributed by atoms with E-state index in [0.29, 0.717) is 0 Å². The second-order valence-corrected chi connectivity index (χ2v) is 6.74. The molecule has 0 radical (unpaired) electrons. The van der Waals surface area contributed by atoms with Crippen LogP contribution in [-0.2, 0) is 9.53 Å². The number of rotatable bonds is 4. The summed E-state index contributed by atoms with van der Waals surface area (Å²) in [6.45, 7) is 10.8. The molecule has 0 aromatic rings. The molecule has 0 aromatic carbocycles. The van der Waals surface area contributed by atoms with E-state index in [1.807, 2.05) is 6.92 Å². The number of ether oxygens (including phenoxy) is 1. The normalized spacial score (nSPS) is 25.4. The van der Waals surface area contributed by atoms with E-state index in [0.717, 1.165) is 17.8 Å². The van der Waals surface area contributed by atoms with Gasteiger partial charge < -0.3 is 9.84 Å². The van der Waals surface area contributed by atoms with E-state index >= 15 is 0 Å². The first-order valence-electron chi connectivity index (χ1n) is 6.80. The van der Waals surface area contributed by atoms with Crippen molar-refractivity contribution in [1.29, 1.82) is 0 Å². The highest BCUT2D eigenvalue weighted by atomic mass is 16.5. The topological polar surface area (TPSA) is 46.5 Å². The van der Waals surface area contributed by atoms with E-state index in [-0.39, 0.29) is 23.2 Å². The Bertz CT molecular complexity index is 412. The molecule has 0 aliphatic heterocycles. The number of aliphatic carboxylic acids is 1. The fourth-order valence-corrected chi connectivity index (χ4v) is 2.38. The predicted molar refractivity (Wildman–Crippen MR) is 76.8 cm³/mol. The van der Waals surface area contributed by atoms with Crippen LogP contribution in [-0.4, -0.2) is 18.2 Å². The van der Waals surface area contributed by atoms with E-state index in [4.69, 9.17) is 9.84 Å². The third-order valence-electron chi connectivity index (χ3n) is 4.42. The van der Waals surface area contributed by atoms with E-state index in [9.17, 15) is 4.79 Å². The molecule has 1 rings (SSSR count). The van der Waals surface area contributed by atoms with E-state index < -0.39 is 5.97 Å². The molecular weight excluding hydrogens is 240 g/mol. The van der Waals surface area contributed by atoms with Crippen molar-refractivity contribution in [2.24, 2.45) is 16.7 Å². The highest BCUT2D eigenvalue weighted by molar-refractivity contribution is 5.67. The van der Waals surface area contributed by atoms with Gasteiger partial charge in [0.1, 0.15) is 5.76 Å². The molecule has 2 atom stereocenters. The summed E-state index contributed by atoms with van der Waals surface area (Å²) in [5.74, 6) is 0.0213. The van der Waals surface area contributed by atoms with Crippen LogP contribution in [0.15, 0.2) is 23.5 Å². The van der Waals surface area contributed by atoms with E-state index in [1.54, 1.807) is 7.11 Å². The lowest BCUT2D eigenvalue weighted by Crippen LogP contribution is -2.33. The highest BCUT2D eigenvalue weighted by Gasteiger charge is 2.38. The average molecular weight is 266 g/mol. The maximum Gasteiger partial charge on any atom is 0.303 e. The fraction of sp³-hybridized carbons (Fsp3) is 0.688. The van der Waals surface area contributed by atoms with Gasteiger partial charge >= 0.3 is 5.97 Å². The molecule has 0 bridgehead atoms. The summed E-state index contributed by atoms with van der Waals surface area (Å²) < 4.78 is 5.41. The first-order valence-corrected chi connectivity index (χ1v) is 6.80. The monoisotopic (exact) mass is 266 g/mol. The number of allylic oxidation sites excluding steroid dienone is 3. The molecule has 19 heavy (non-hydrogen) atoms. The third kappa shape index (κ3) is 3.40. The molecule has 0 heterocycles. The zero-order valence-corrected chi connectivity index (χ0v) is 12.9. The van der Waals surface area contributed by atoms with Crippen LogP contribution in [0.3, 0.4) is 0 Å². The van der Waals surface area contributed by atoms with Crippen LogP contribution in [0.5, 0.6) is 0 Å². The second-order valence-electron chi connectivity index (χ2n) is 6.74. The number of hydrogen-bond acceptors (Lipinski definition) is 2. The van der Waals surface area contributed by atoms with Gasteiger partial charge in [-0.05, 0) is 34.8 Å². The van der Waals surface area contributed by atoms with Gasteiger partial charge in [-0.2, -0.15) is 0 Å². The van der Waals surface area contributed by atoms with Gasteiger partial charge in [-0.25, -0.2) is 0 Å². The van der Waals surface area contributed by atoms with Crippen molar-refractivity contribution in [3.05, 3.63) is 23.5 Å². The van der Waals surface area contributed by atoms with Gasteiger partial charge in [-0.1, -0.05) is 40.7 Å². The molecule has 0 saturated carbocycles. The maximum atomic E-state index is 10.9. The number of methoxy groups -OCH3 is 1. The summed E-state index contributed by atoms with van der Waals surface area (Å²) in [6, 6.07) is 0. The molecule has 0 amide bonds. The molecule has 3 heteroatoms. The van der Waals surface area contributed by atoms with Gasteiger partial charge in [0.05, 0.1) is 13.5 Å². The number of carboxylic acids is 1. The number of carboxylic acid groups (broad SMARTS) is 1. The minimum atomic E-state index is -0.771. The van der Waals surface area contributed by atoms with Crippen molar-refractivity contribution in [3.63, 3.8) is 0 Å². The Morgan fingerprint density at radius 3 is 2.53 bits per heavy atom. The summed E-state index contributed by atoms with van der Waals surface area (Å²) in [6.07, 6.45) is 5.37. The standard InChI is InChI=1S/C16H26O3/c1-11(9-14(17)18)12-10-16(5,15(2,3)4)8-7-13(12)19-6/h7,10-11H,8-9H2,1-6H3,(H,17,18). The predicted octanol–water partition coefficient (Wildman–Crippen LogP) is 4.01. The van der Waals surface area contributed by atoms with Crippen LogP contribution >= 0.6 is 0 Å². The minimum Gasteiger partial charge on any atom is -0.497 e. The smallest absolute Gasteiger partial charge is 0.303 e. The van der Waals surface area contributed by atoms with Crippen LogP contribution in [0, 0.1) is 16.7 Å². The summed E-state index contributed by atoms with van der Waals surface area (Å²) in [5, 5.41) is 8.98. The van der Waals surface area contributed by atoms with Crippen molar-refractivity contribution in [3.8, 4) is 0 Å². The largest absolute Gasteiger partial charge is 0.497 e. The summed E-state index contributed by atoms with van der Waals surface area (Å²) in [4.78, 5) is 10.9. The van der Waals surface area contributed by atoms with Gasteiger partial charge in [-0.3, -0.25) is 4.79 Å². The molecule has 0 spiro atoms. The molecule has 108 valence electrons. The summed E-state index contributed by atoms with van der Waals surface area (Å²) in [5.41, 5.74) is 1.17. The fourth-order valence-electron chi connectivity index (χ4n) is 2.38. The van der Waals surface area contributed by atoms with Crippen LogP contribution in [0.25, 0.3) is 0 Å². The van der Waals surface area contributed by atoms with E-state index in [1.165, 1.54) is 0 Å². The van der Waals surface area contributed by atoms with Crippen molar-refractivity contribution >= 4 is 5.97 Å². The average Bonchev–Trinajstić information content (AvgIpc) is 2.26. The van der Waals surface area contributed by atoms with Crippen molar-refractivity contribution in [2.45, 2.75) is 47.5 Å². The number of carbonyl (C=O) groups is 1. The molecule has 2 unspecified atom stereocenters. The number of hydrogen-bond donors (Lipinski definition) is 1. The van der Waals surface area contributed by atoms with Crippen molar-refractivity contribution in [1.82, 2.24) is 0 Å². The molecule has 1 aliphatic carbocycles. The van der Waals surface area contributed by atoms with Gasteiger partial charge in [0.25, 0.3) is 0 Å². The lowest BCUT2D eigenvalue weighted by Gasteiger charge is -2.42. The van der Waals surface area contributed by atoms with Crippen molar-refractivity contribution in [2.75, 3.05) is 7.11 Å². The Kier molecular flexibility index (Phi) is 4.49. The summed E-state index contributed by atoms with van der Waals surface area (Å²) in [7, 11) is 1.65. The Morgan fingerprint density at radius 2 is 2.11 bits per heavy atom. The second kappa shape index (κ2) is 5.40. The maximum absolute atomic E-state index is 10.9. The Balaban J connectivity index is 3.13. The molecule has 0 fully saturated rings. The van der Waals surface area contributed by atoms with Gasteiger partial charge in [-0.15, -0.1) is 0 Å². The zero-order chi connectivity index (χ0) is 14.8. The van der Waals surface area contributed by atoms with E-state index in [2.05, 4.69) is 39.8 Å². The van der Waals surface area contributed by atoms with Crippen LogP contribution < -0.4 is 0 Å². The van der Waals surface area contributed by atoms with Crippen LogP contribution in [0.4, 0.5) is 0 Å². The van der Waals surface area contributed by atoms with Gasteiger partial charge in [0, 0.05) is 0 Å². The van der Waals surface area contributed by atoms with Crippen LogP contribution in [0.1, 0.15) is 47.5 Å². The molecule has 1 N–H and O–H groups in total. The summed E-state index contributed by atoms with van der Waals surface area (Å²) >= 11 is 0. The Hall–Kier alpha value is -1.25. The Morgan fingerprint density at radius 1 is 1.53 bits per heavy atom. The highest BCUT2D eigenvalue weighted by Crippen LogP contribution is 2.48. The SMILES string of the molecule is COC1=CCC(C)(C(C)(C)C)C=C1C(C)CC(=O)O. The lowest BCUT2D eigenvalue weighted by atomic mass is 9.63. The first kappa shape index (κ1) is 15.8. The molecule has 0 saturated heterocycles. The first-order chi connectivity index (χ1) is 8.60. The lowest BCUT2D eigenvalue weighted by molar-refractivity contribution is -0.137. The van der Waals surface area contributed by atoms with Crippen LogP contribution in [0.2, 0.25) is 0 Å². The van der Waals surface area contributed by atoms with Crippen molar-refractivity contribution < 1.29 is 14.6 Å². The molecule has 3 nitrogen and oxygen atoms in total. The van der Waals surface area contributed by atoms with Gasteiger partial charge in [0.2, 0.25) is 0 Å². The molecule has 0 aromatic heterocycles.